The van der Waals surface area contributed by atoms with Gasteiger partial charge >= 0.3 is 0 Å². The average molecular weight is 514 g/mol. The molecule has 7 nitrogen and oxygen atoms in total. The van der Waals surface area contributed by atoms with Gasteiger partial charge < -0.3 is 10.6 Å². The molecule has 8 heteroatoms. The summed E-state index contributed by atoms with van der Waals surface area (Å²) in [4.78, 5) is 25.8. The van der Waals surface area contributed by atoms with Gasteiger partial charge in [-0.1, -0.05) is 85.0 Å². The van der Waals surface area contributed by atoms with E-state index in [1.54, 1.807) is 48.6 Å². The lowest BCUT2D eigenvalue weighted by molar-refractivity contribution is -0.128. The first-order valence-corrected chi connectivity index (χ1v) is 13.7. The molecule has 1 aliphatic carbocycles. The van der Waals surface area contributed by atoms with Crippen LogP contribution in [0.5, 0.6) is 0 Å². The van der Waals surface area contributed by atoms with Crippen LogP contribution in [0, 0.1) is 16.7 Å². The average Bonchev–Trinajstić information content (AvgIpc) is 2.91. The highest BCUT2D eigenvalue weighted by molar-refractivity contribution is 7.91. The number of hydrogen-bond acceptors (Lipinski definition) is 5. The molecule has 0 spiro atoms. The summed E-state index contributed by atoms with van der Waals surface area (Å²) in [5.74, 6) is -2.29. The number of sulfone groups is 1. The van der Waals surface area contributed by atoms with E-state index in [1.807, 2.05) is 54.6 Å². The fourth-order valence-electron chi connectivity index (χ4n) is 4.64. The topological polar surface area (TPSA) is 116 Å². The van der Waals surface area contributed by atoms with Gasteiger partial charge in [-0.25, -0.2) is 8.42 Å². The molecule has 0 saturated heterocycles. The molecule has 0 saturated carbocycles. The van der Waals surface area contributed by atoms with Crippen LogP contribution in [0.3, 0.4) is 0 Å². The van der Waals surface area contributed by atoms with E-state index in [9.17, 15) is 18.0 Å². The Labute approximate surface area is 216 Å². The van der Waals surface area contributed by atoms with Gasteiger partial charge in [-0.2, -0.15) is 5.26 Å². The van der Waals surface area contributed by atoms with Crippen molar-refractivity contribution in [1.29, 1.82) is 5.26 Å². The monoisotopic (exact) mass is 513 g/mol. The number of carbonyl (C=O) groups is 2. The number of hydrogen-bond donors (Lipinski definition) is 2. The Morgan fingerprint density at radius 2 is 1.65 bits per heavy atom. The Hall–Kier alpha value is -4.22. The van der Waals surface area contributed by atoms with Crippen LogP contribution < -0.4 is 10.6 Å². The van der Waals surface area contributed by atoms with Crippen molar-refractivity contribution in [3.63, 3.8) is 0 Å². The Morgan fingerprint density at radius 3 is 2.41 bits per heavy atom. The summed E-state index contributed by atoms with van der Waals surface area (Å²) in [6.07, 6.45) is 6.89. The SMILES string of the molecule is N#CCNC(=O)[C@@]1(CS(=O)(=O)CCNC(=O)c2ccccc2)C=CC=CC1c1ccc2ccccc2c1. The number of fused-ring (bicyclic) bond motifs is 1. The highest BCUT2D eigenvalue weighted by Gasteiger charge is 2.47. The van der Waals surface area contributed by atoms with Crippen molar-refractivity contribution < 1.29 is 18.0 Å². The van der Waals surface area contributed by atoms with Gasteiger partial charge in [0.15, 0.2) is 9.84 Å². The summed E-state index contributed by atoms with van der Waals surface area (Å²) in [7, 11) is -3.81. The van der Waals surface area contributed by atoms with Crippen molar-refractivity contribution in [2.24, 2.45) is 5.41 Å². The summed E-state index contributed by atoms with van der Waals surface area (Å²) in [5, 5.41) is 16.3. The number of allylic oxidation sites excluding steroid dienone is 3. The zero-order valence-electron chi connectivity index (χ0n) is 20.1. The van der Waals surface area contributed by atoms with Gasteiger partial charge in [0.05, 0.1) is 23.0 Å². The number of nitrogens with one attached hydrogen (secondary N) is 2. The molecular formula is C29H27N3O4S. The highest BCUT2D eigenvalue weighted by atomic mass is 32.2. The normalized spacial score (nSPS) is 18.7. The molecule has 0 fully saturated rings. The van der Waals surface area contributed by atoms with Crippen LogP contribution in [0.1, 0.15) is 21.8 Å². The second-order valence-corrected chi connectivity index (χ2v) is 11.1. The van der Waals surface area contributed by atoms with Gasteiger partial charge in [-0.3, -0.25) is 9.59 Å². The van der Waals surface area contributed by atoms with Crippen molar-refractivity contribution in [3.05, 3.63) is 108 Å². The third-order valence-corrected chi connectivity index (χ3v) is 8.18. The molecule has 2 amide bonds. The van der Waals surface area contributed by atoms with Crippen LogP contribution >= 0.6 is 0 Å². The molecule has 1 unspecified atom stereocenters. The van der Waals surface area contributed by atoms with Crippen LogP contribution in [0.4, 0.5) is 0 Å². The van der Waals surface area contributed by atoms with Gasteiger partial charge in [0, 0.05) is 18.0 Å². The Balaban J connectivity index is 1.61. The summed E-state index contributed by atoms with van der Waals surface area (Å²) in [6.45, 7) is -0.331. The van der Waals surface area contributed by atoms with Crippen LogP contribution in [0.2, 0.25) is 0 Å². The van der Waals surface area contributed by atoms with Gasteiger partial charge in [0.25, 0.3) is 5.91 Å². The van der Waals surface area contributed by atoms with Crippen molar-refractivity contribution in [1.82, 2.24) is 10.6 Å². The van der Waals surface area contributed by atoms with Gasteiger partial charge in [-0.15, -0.1) is 0 Å². The first-order chi connectivity index (χ1) is 17.8. The minimum atomic E-state index is -3.81. The zero-order chi connectivity index (χ0) is 26.3. The molecule has 1 aliphatic rings. The highest BCUT2D eigenvalue weighted by Crippen LogP contribution is 2.43. The van der Waals surface area contributed by atoms with E-state index in [4.69, 9.17) is 5.26 Å². The van der Waals surface area contributed by atoms with E-state index >= 15 is 0 Å². The lowest BCUT2D eigenvalue weighted by Gasteiger charge is -2.37. The fourth-order valence-corrected chi connectivity index (χ4v) is 6.33. The van der Waals surface area contributed by atoms with E-state index in [1.165, 1.54) is 0 Å². The standard InChI is InChI=1S/C29H27N3O4S/c30-16-17-32-28(34)29(21-37(35,36)19-18-31-27(33)23-9-2-1-3-10-23)15-7-6-12-26(29)25-14-13-22-8-4-5-11-24(22)20-25/h1-15,20,26H,17-19,21H2,(H,31,33)(H,32,34)/t26?,29-/m1/s1. The first-order valence-electron chi connectivity index (χ1n) is 11.9. The lowest BCUT2D eigenvalue weighted by Crippen LogP contribution is -2.49. The van der Waals surface area contributed by atoms with Crippen LogP contribution in [-0.4, -0.2) is 44.8 Å². The van der Waals surface area contributed by atoms with Crippen LogP contribution in [-0.2, 0) is 14.6 Å². The lowest BCUT2D eigenvalue weighted by atomic mass is 9.70. The van der Waals surface area contributed by atoms with Gasteiger partial charge in [0.2, 0.25) is 5.91 Å². The Morgan fingerprint density at radius 1 is 0.919 bits per heavy atom. The summed E-state index contributed by atoms with van der Waals surface area (Å²) < 4.78 is 26.7. The maximum atomic E-state index is 13.5. The second-order valence-electron chi connectivity index (χ2n) is 8.92. The minimum Gasteiger partial charge on any atom is -0.351 e. The Kier molecular flexibility index (Phi) is 7.85. The number of rotatable bonds is 9. The molecule has 0 aromatic heterocycles. The van der Waals surface area contributed by atoms with E-state index in [0.29, 0.717) is 5.56 Å². The number of amides is 2. The molecule has 188 valence electrons. The smallest absolute Gasteiger partial charge is 0.251 e. The van der Waals surface area contributed by atoms with Crippen LogP contribution in [0.15, 0.2) is 97.1 Å². The quantitative estimate of drug-likeness (QED) is 0.425. The minimum absolute atomic E-state index is 0.0911. The van der Waals surface area contributed by atoms with Crippen molar-refractivity contribution in [3.8, 4) is 6.07 Å². The van der Waals surface area contributed by atoms with Crippen LogP contribution in [0.25, 0.3) is 10.8 Å². The van der Waals surface area contributed by atoms with Crippen molar-refractivity contribution >= 4 is 32.4 Å². The third kappa shape index (κ3) is 5.96. The molecule has 0 radical (unpaired) electrons. The molecule has 0 aliphatic heterocycles. The van der Waals surface area contributed by atoms with E-state index in [2.05, 4.69) is 10.6 Å². The first kappa shape index (κ1) is 25.9. The predicted molar refractivity (Wildman–Crippen MR) is 143 cm³/mol. The molecule has 37 heavy (non-hydrogen) atoms. The maximum Gasteiger partial charge on any atom is 0.251 e. The number of nitrogens with zero attached hydrogens (tertiary/aromatic N) is 1. The number of nitriles is 1. The molecule has 0 bridgehead atoms. The number of carbonyl (C=O) groups excluding carboxylic acids is 2. The molecule has 3 aromatic carbocycles. The fraction of sp³-hybridized carbons (Fsp3) is 0.207. The van der Waals surface area contributed by atoms with E-state index in [-0.39, 0.29) is 24.7 Å². The molecular weight excluding hydrogens is 486 g/mol. The maximum absolute atomic E-state index is 13.5. The zero-order valence-corrected chi connectivity index (χ0v) is 20.9. The van der Waals surface area contributed by atoms with Crippen molar-refractivity contribution in [2.75, 3.05) is 24.6 Å². The summed E-state index contributed by atoms with van der Waals surface area (Å²) in [6, 6.07) is 24.0. The molecule has 2 N–H and O–H groups in total. The second kappa shape index (κ2) is 11.2. The van der Waals surface area contributed by atoms with Gasteiger partial charge in [-0.05, 0) is 28.5 Å². The molecule has 0 heterocycles. The molecule has 3 aromatic rings. The third-order valence-electron chi connectivity index (χ3n) is 6.44. The van der Waals surface area contributed by atoms with E-state index in [0.717, 1.165) is 16.3 Å². The van der Waals surface area contributed by atoms with E-state index < -0.39 is 32.8 Å². The predicted octanol–water partition coefficient (Wildman–Crippen LogP) is 3.52. The van der Waals surface area contributed by atoms with Crippen molar-refractivity contribution in [2.45, 2.75) is 5.92 Å². The Bertz CT molecular complexity index is 1510. The summed E-state index contributed by atoms with van der Waals surface area (Å²) >= 11 is 0. The van der Waals surface area contributed by atoms with Gasteiger partial charge in [0.1, 0.15) is 6.54 Å². The summed E-state index contributed by atoms with van der Waals surface area (Å²) in [5.41, 5.74) is -0.237. The molecule has 2 atom stereocenters. The molecule has 4 rings (SSSR count). The largest absolute Gasteiger partial charge is 0.351 e. The number of benzene rings is 3.